The molecule has 1 heterocycles. The smallest absolute Gasteiger partial charge is 0.241 e. The van der Waals surface area contributed by atoms with Crippen molar-refractivity contribution in [3.05, 3.63) is 23.3 Å². The van der Waals surface area contributed by atoms with Gasteiger partial charge in [-0.1, -0.05) is 0 Å². The lowest BCUT2D eigenvalue weighted by molar-refractivity contribution is 0.0568. The Bertz CT molecular complexity index is 572. The summed E-state index contributed by atoms with van der Waals surface area (Å²) in [6.07, 6.45) is 1.98. The molecule has 21 heavy (non-hydrogen) atoms. The van der Waals surface area contributed by atoms with Gasteiger partial charge >= 0.3 is 0 Å². The lowest BCUT2D eigenvalue weighted by atomic mass is 10.0. The Morgan fingerprint density at radius 2 is 2.00 bits per heavy atom. The quantitative estimate of drug-likeness (QED) is 0.563. The van der Waals surface area contributed by atoms with Crippen molar-refractivity contribution >= 4 is 15.7 Å². The number of sulfonamides is 1. The van der Waals surface area contributed by atoms with E-state index in [2.05, 4.69) is 10.1 Å². The summed E-state index contributed by atoms with van der Waals surface area (Å²) >= 11 is 0. The monoisotopic (exact) mass is 313 g/mol. The molecule has 1 aromatic carbocycles. The van der Waals surface area contributed by atoms with Crippen LogP contribution in [0.5, 0.6) is 0 Å². The third kappa shape index (κ3) is 3.94. The van der Waals surface area contributed by atoms with Gasteiger partial charge in [-0.2, -0.15) is 0 Å². The molecule has 1 fully saturated rings. The van der Waals surface area contributed by atoms with Gasteiger partial charge in [0, 0.05) is 18.8 Å². The normalized spacial score (nSPS) is 19.5. The second-order valence-electron chi connectivity index (χ2n) is 5.52. The number of aryl methyl sites for hydroxylation is 2. The van der Waals surface area contributed by atoms with Crippen LogP contribution in [0, 0.1) is 19.8 Å². The molecular weight excluding hydrogens is 290 g/mol. The van der Waals surface area contributed by atoms with Gasteiger partial charge in [0.2, 0.25) is 10.0 Å². The highest BCUT2D eigenvalue weighted by Gasteiger charge is 2.22. The largest absolute Gasteiger partial charge is 0.381 e. The summed E-state index contributed by atoms with van der Waals surface area (Å²) in [6, 6.07) is 3.45. The summed E-state index contributed by atoms with van der Waals surface area (Å²) in [4.78, 5) is 0.332. The van der Waals surface area contributed by atoms with Gasteiger partial charge in [0.05, 0.1) is 11.5 Å². The van der Waals surface area contributed by atoms with Crippen LogP contribution < -0.4 is 16.0 Å². The number of nitrogens with two attached hydrogens (primary N) is 1. The molecule has 0 spiro atoms. The van der Waals surface area contributed by atoms with E-state index in [1.165, 1.54) is 0 Å². The molecule has 0 aromatic heterocycles. The Balaban J connectivity index is 2.15. The average Bonchev–Trinajstić information content (AvgIpc) is 2.45. The Morgan fingerprint density at radius 3 is 2.52 bits per heavy atom. The number of ether oxygens (including phenoxy) is 1. The third-order valence-electron chi connectivity index (χ3n) is 3.71. The van der Waals surface area contributed by atoms with Crippen LogP contribution in [-0.2, 0) is 14.8 Å². The highest BCUT2D eigenvalue weighted by atomic mass is 32.2. The number of hydrogen-bond donors (Lipinski definition) is 3. The van der Waals surface area contributed by atoms with Crippen molar-refractivity contribution in [1.82, 2.24) is 4.72 Å². The minimum absolute atomic E-state index is 0.249. The fourth-order valence-corrected chi connectivity index (χ4v) is 4.29. The molecular formula is C14H23N3O3S. The van der Waals surface area contributed by atoms with Gasteiger partial charge in [-0.05, 0) is 55.9 Å². The number of anilines is 1. The van der Waals surface area contributed by atoms with E-state index >= 15 is 0 Å². The van der Waals surface area contributed by atoms with E-state index in [9.17, 15) is 8.42 Å². The van der Waals surface area contributed by atoms with Crippen molar-refractivity contribution in [1.29, 1.82) is 0 Å². The SMILES string of the molecule is Cc1cc(NN)cc(C)c1S(=O)(=O)NCC1CCCOC1. The lowest BCUT2D eigenvalue weighted by Gasteiger charge is -2.22. The summed E-state index contributed by atoms with van der Waals surface area (Å²) in [7, 11) is -3.52. The van der Waals surface area contributed by atoms with Gasteiger partial charge in [-0.15, -0.1) is 0 Å². The maximum atomic E-state index is 12.5. The molecule has 1 aliphatic rings. The number of nitrogen functional groups attached to an aromatic ring is 1. The summed E-state index contributed by atoms with van der Waals surface area (Å²) in [5.74, 6) is 5.62. The molecule has 1 aliphatic heterocycles. The zero-order valence-corrected chi connectivity index (χ0v) is 13.3. The first-order valence-corrected chi connectivity index (χ1v) is 8.57. The van der Waals surface area contributed by atoms with E-state index in [0.29, 0.717) is 34.9 Å². The van der Waals surface area contributed by atoms with Crippen molar-refractivity contribution in [3.63, 3.8) is 0 Å². The first kappa shape index (κ1) is 16.2. The Hall–Kier alpha value is -1.15. The molecule has 118 valence electrons. The van der Waals surface area contributed by atoms with Crippen LogP contribution in [0.1, 0.15) is 24.0 Å². The van der Waals surface area contributed by atoms with E-state index in [0.717, 1.165) is 19.4 Å². The third-order valence-corrected chi connectivity index (χ3v) is 5.44. The molecule has 1 atom stereocenters. The fraction of sp³-hybridized carbons (Fsp3) is 0.571. The van der Waals surface area contributed by atoms with Gasteiger partial charge in [-0.25, -0.2) is 13.1 Å². The topological polar surface area (TPSA) is 93.5 Å². The van der Waals surface area contributed by atoms with Gasteiger partial charge in [0.1, 0.15) is 0 Å². The minimum Gasteiger partial charge on any atom is -0.381 e. The van der Waals surface area contributed by atoms with Crippen molar-refractivity contribution in [2.45, 2.75) is 31.6 Å². The van der Waals surface area contributed by atoms with Gasteiger partial charge < -0.3 is 10.2 Å². The van der Waals surface area contributed by atoms with Gasteiger partial charge in [-0.3, -0.25) is 5.84 Å². The van der Waals surface area contributed by atoms with Crippen molar-refractivity contribution in [2.24, 2.45) is 11.8 Å². The number of rotatable bonds is 5. The zero-order chi connectivity index (χ0) is 15.5. The molecule has 0 amide bonds. The molecule has 4 N–H and O–H groups in total. The van der Waals surface area contributed by atoms with Crippen LogP contribution in [0.25, 0.3) is 0 Å². The second kappa shape index (κ2) is 6.74. The molecule has 1 unspecified atom stereocenters. The van der Waals surface area contributed by atoms with Gasteiger partial charge in [0.15, 0.2) is 0 Å². The van der Waals surface area contributed by atoms with Crippen molar-refractivity contribution in [2.75, 3.05) is 25.2 Å². The van der Waals surface area contributed by atoms with Gasteiger partial charge in [0.25, 0.3) is 0 Å². The van der Waals surface area contributed by atoms with Crippen LogP contribution in [0.4, 0.5) is 5.69 Å². The molecule has 0 aliphatic carbocycles. The summed E-state index contributed by atoms with van der Waals surface area (Å²) in [6.45, 7) is 5.35. The predicted octanol–water partition coefficient (Wildman–Crippen LogP) is 1.29. The van der Waals surface area contributed by atoms with Crippen molar-refractivity contribution in [3.8, 4) is 0 Å². The molecule has 6 nitrogen and oxygen atoms in total. The Kier molecular flexibility index (Phi) is 5.21. The second-order valence-corrected chi connectivity index (χ2v) is 7.22. The van der Waals surface area contributed by atoms with E-state index in [1.54, 1.807) is 26.0 Å². The average molecular weight is 313 g/mol. The number of benzene rings is 1. The number of hydrazine groups is 1. The van der Waals surface area contributed by atoms with E-state index in [-0.39, 0.29) is 5.92 Å². The molecule has 1 saturated heterocycles. The molecule has 0 radical (unpaired) electrons. The van der Waals surface area contributed by atoms with Crippen LogP contribution >= 0.6 is 0 Å². The highest BCUT2D eigenvalue weighted by molar-refractivity contribution is 7.89. The zero-order valence-electron chi connectivity index (χ0n) is 12.5. The maximum Gasteiger partial charge on any atom is 0.241 e. The Morgan fingerprint density at radius 1 is 1.33 bits per heavy atom. The van der Waals surface area contributed by atoms with E-state index < -0.39 is 10.0 Å². The fourth-order valence-electron chi connectivity index (χ4n) is 2.73. The van der Waals surface area contributed by atoms with Crippen molar-refractivity contribution < 1.29 is 13.2 Å². The summed E-state index contributed by atoms with van der Waals surface area (Å²) < 4.78 is 33.1. The summed E-state index contributed by atoms with van der Waals surface area (Å²) in [5.41, 5.74) is 4.59. The molecule has 7 heteroatoms. The van der Waals surface area contributed by atoms with E-state index in [4.69, 9.17) is 10.6 Å². The Labute approximate surface area is 126 Å². The van der Waals surface area contributed by atoms with E-state index in [1.807, 2.05) is 0 Å². The first-order valence-electron chi connectivity index (χ1n) is 7.09. The van der Waals surface area contributed by atoms with Crippen LogP contribution in [0.2, 0.25) is 0 Å². The summed E-state index contributed by atoms with van der Waals surface area (Å²) in [5, 5.41) is 0. The number of hydrogen-bond acceptors (Lipinski definition) is 5. The molecule has 0 saturated carbocycles. The van der Waals surface area contributed by atoms with Crippen LogP contribution in [0.15, 0.2) is 17.0 Å². The standard InChI is InChI=1S/C14H23N3O3S/c1-10-6-13(17-15)7-11(2)14(10)21(18,19)16-8-12-4-3-5-20-9-12/h6-7,12,16-17H,3-5,8-9,15H2,1-2H3. The first-order chi connectivity index (χ1) is 9.94. The molecule has 1 aromatic rings. The highest BCUT2D eigenvalue weighted by Crippen LogP contribution is 2.24. The lowest BCUT2D eigenvalue weighted by Crippen LogP contribution is -2.34. The molecule has 2 rings (SSSR count). The van der Waals surface area contributed by atoms with Crippen LogP contribution in [0.3, 0.4) is 0 Å². The number of nitrogens with one attached hydrogen (secondary N) is 2. The van der Waals surface area contributed by atoms with Crippen LogP contribution in [-0.4, -0.2) is 28.2 Å². The predicted molar refractivity (Wildman–Crippen MR) is 82.5 cm³/mol. The minimum atomic E-state index is -3.52. The molecule has 0 bridgehead atoms. The maximum absolute atomic E-state index is 12.5.